The van der Waals surface area contributed by atoms with Gasteiger partial charge in [-0.15, -0.1) is 0 Å². The highest BCUT2D eigenvalue weighted by molar-refractivity contribution is 5.35. The van der Waals surface area contributed by atoms with Gasteiger partial charge in [0.2, 0.25) is 0 Å². The van der Waals surface area contributed by atoms with Crippen molar-refractivity contribution in [3.8, 4) is 0 Å². The molecule has 3 nitrogen and oxygen atoms in total. The van der Waals surface area contributed by atoms with Crippen molar-refractivity contribution in [3.05, 3.63) is 34.9 Å². The maximum Gasteiger partial charge on any atom is 0.0622 e. The first-order chi connectivity index (χ1) is 9.19. The van der Waals surface area contributed by atoms with Crippen LogP contribution < -0.4 is 5.73 Å². The van der Waals surface area contributed by atoms with Crippen LogP contribution in [-0.4, -0.2) is 37.2 Å². The molecule has 3 heteroatoms. The molecule has 0 aliphatic carbocycles. The minimum Gasteiger partial charge on any atom is -0.378 e. The van der Waals surface area contributed by atoms with Crippen LogP contribution in [0.25, 0.3) is 0 Å². The lowest BCUT2D eigenvalue weighted by Gasteiger charge is -2.41. The van der Waals surface area contributed by atoms with Gasteiger partial charge in [0.1, 0.15) is 0 Å². The van der Waals surface area contributed by atoms with E-state index in [1.165, 1.54) is 16.7 Å². The van der Waals surface area contributed by atoms with Crippen molar-refractivity contribution >= 4 is 0 Å². The molecule has 0 spiro atoms. The first-order valence-electron chi connectivity index (χ1n) is 7.28. The molecular weight excluding hydrogens is 236 g/mol. The first-order valence-corrected chi connectivity index (χ1v) is 7.28. The number of morpholine rings is 1. The lowest BCUT2D eigenvalue weighted by atomic mass is 9.94. The van der Waals surface area contributed by atoms with Gasteiger partial charge in [0, 0.05) is 25.2 Å². The summed E-state index contributed by atoms with van der Waals surface area (Å²) in [5.74, 6) is 0. The number of hydrogen-bond donors (Lipinski definition) is 1. The van der Waals surface area contributed by atoms with Crippen molar-refractivity contribution in [2.75, 3.05) is 26.3 Å². The third-order valence-electron chi connectivity index (χ3n) is 4.37. The summed E-state index contributed by atoms with van der Waals surface area (Å²) in [6.07, 6.45) is 1.11. The van der Waals surface area contributed by atoms with E-state index in [1.807, 2.05) is 0 Å². The fraction of sp³-hybridized carbons (Fsp3) is 0.625. The molecule has 19 heavy (non-hydrogen) atoms. The zero-order valence-corrected chi connectivity index (χ0v) is 12.4. The molecule has 2 N–H and O–H groups in total. The summed E-state index contributed by atoms with van der Waals surface area (Å²) in [5.41, 5.74) is 10.2. The number of ether oxygens (including phenoxy) is 1. The van der Waals surface area contributed by atoms with E-state index in [1.54, 1.807) is 0 Å². The van der Waals surface area contributed by atoms with Crippen LogP contribution in [-0.2, 0) is 4.74 Å². The molecule has 1 saturated heterocycles. The third kappa shape index (κ3) is 2.99. The van der Waals surface area contributed by atoms with Gasteiger partial charge >= 0.3 is 0 Å². The molecule has 1 heterocycles. The lowest BCUT2D eigenvalue weighted by molar-refractivity contribution is -0.0292. The highest BCUT2D eigenvalue weighted by Gasteiger charge is 2.29. The average Bonchev–Trinajstić information content (AvgIpc) is 2.45. The van der Waals surface area contributed by atoms with Gasteiger partial charge in [-0.3, -0.25) is 4.90 Å². The maximum atomic E-state index is 6.09. The normalized spacial score (nSPS) is 22.4. The minimum absolute atomic E-state index is 0.314. The zero-order valence-electron chi connectivity index (χ0n) is 12.4. The monoisotopic (exact) mass is 262 g/mol. The quantitative estimate of drug-likeness (QED) is 0.905. The smallest absolute Gasteiger partial charge is 0.0622 e. The van der Waals surface area contributed by atoms with Crippen molar-refractivity contribution in [1.82, 2.24) is 4.90 Å². The molecule has 0 amide bonds. The third-order valence-corrected chi connectivity index (χ3v) is 4.37. The second-order valence-corrected chi connectivity index (χ2v) is 5.42. The van der Waals surface area contributed by atoms with Crippen molar-refractivity contribution in [1.29, 1.82) is 0 Å². The van der Waals surface area contributed by atoms with Crippen LogP contribution in [0.1, 0.15) is 36.1 Å². The van der Waals surface area contributed by atoms with E-state index in [9.17, 15) is 0 Å². The Bertz CT molecular complexity index is 419. The van der Waals surface area contributed by atoms with Crippen LogP contribution in [0.2, 0.25) is 0 Å². The van der Waals surface area contributed by atoms with Crippen LogP contribution in [0, 0.1) is 13.8 Å². The number of aryl methyl sites for hydroxylation is 1. The lowest BCUT2D eigenvalue weighted by Crippen LogP contribution is -2.49. The molecule has 0 radical (unpaired) electrons. The van der Waals surface area contributed by atoms with E-state index in [2.05, 4.69) is 43.9 Å². The van der Waals surface area contributed by atoms with E-state index >= 15 is 0 Å². The van der Waals surface area contributed by atoms with Gasteiger partial charge < -0.3 is 10.5 Å². The summed E-state index contributed by atoms with van der Waals surface area (Å²) >= 11 is 0. The van der Waals surface area contributed by atoms with Crippen LogP contribution in [0.4, 0.5) is 0 Å². The van der Waals surface area contributed by atoms with E-state index in [-0.39, 0.29) is 0 Å². The molecule has 1 aliphatic rings. The SMILES string of the molecule is CCC1COCCN1C(CN)c1cccc(C)c1C. The van der Waals surface area contributed by atoms with Crippen LogP contribution >= 0.6 is 0 Å². The number of rotatable bonds is 4. The summed E-state index contributed by atoms with van der Waals surface area (Å²) in [5, 5.41) is 0. The van der Waals surface area contributed by atoms with Gasteiger partial charge in [0.05, 0.1) is 13.2 Å². The number of hydrogen-bond acceptors (Lipinski definition) is 3. The largest absolute Gasteiger partial charge is 0.378 e. The Hall–Kier alpha value is -0.900. The molecule has 1 fully saturated rings. The van der Waals surface area contributed by atoms with Crippen LogP contribution in [0.15, 0.2) is 18.2 Å². The molecule has 1 aromatic rings. The number of nitrogens with two attached hydrogens (primary N) is 1. The Labute approximate surface area is 116 Å². The maximum absolute atomic E-state index is 6.09. The molecule has 106 valence electrons. The molecule has 0 bridgehead atoms. The van der Waals surface area contributed by atoms with Crippen LogP contribution in [0.5, 0.6) is 0 Å². The van der Waals surface area contributed by atoms with Crippen LogP contribution in [0.3, 0.4) is 0 Å². The van der Waals surface area contributed by atoms with Gasteiger partial charge in [-0.1, -0.05) is 25.1 Å². The molecule has 2 atom stereocenters. The highest BCUT2D eigenvalue weighted by Crippen LogP contribution is 2.28. The summed E-state index contributed by atoms with van der Waals surface area (Å²) < 4.78 is 5.61. The molecule has 0 aromatic heterocycles. The summed E-state index contributed by atoms with van der Waals surface area (Å²) in [6, 6.07) is 7.34. The molecule has 1 aromatic carbocycles. The number of benzene rings is 1. The van der Waals surface area contributed by atoms with Gasteiger partial charge in [-0.2, -0.15) is 0 Å². The fourth-order valence-corrected chi connectivity index (χ4v) is 3.01. The van der Waals surface area contributed by atoms with Gasteiger partial charge in [0.25, 0.3) is 0 Å². The van der Waals surface area contributed by atoms with Crippen molar-refractivity contribution < 1.29 is 4.74 Å². The fourth-order valence-electron chi connectivity index (χ4n) is 3.01. The average molecular weight is 262 g/mol. The molecule has 0 saturated carbocycles. The predicted octanol–water partition coefficient (Wildman–Crippen LogP) is 2.41. The summed E-state index contributed by atoms with van der Waals surface area (Å²) in [7, 11) is 0. The van der Waals surface area contributed by atoms with E-state index in [0.29, 0.717) is 18.6 Å². The number of nitrogens with zero attached hydrogens (tertiary/aromatic N) is 1. The van der Waals surface area contributed by atoms with Crippen molar-refractivity contribution in [2.24, 2.45) is 5.73 Å². The van der Waals surface area contributed by atoms with Gasteiger partial charge in [0.15, 0.2) is 0 Å². The molecular formula is C16H26N2O. The molecule has 2 unspecified atom stereocenters. The Morgan fingerprint density at radius 2 is 2.21 bits per heavy atom. The Kier molecular flexibility index (Phi) is 4.97. The Morgan fingerprint density at radius 1 is 1.42 bits per heavy atom. The van der Waals surface area contributed by atoms with E-state index in [4.69, 9.17) is 10.5 Å². The zero-order chi connectivity index (χ0) is 13.8. The second kappa shape index (κ2) is 6.51. The van der Waals surface area contributed by atoms with Crippen molar-refractivity contribution in [3.63, 3.8) is 0 Å². The highest BCUT2D eigenvalue weighted by atomic mass is 16.5. The van der Waals surface area contributed by atoms with Gasteiger partial charge in [-0.25, -0.2) is 0 Å². The Morgan fingerprint density at radius 3 is 2.89 bits per heavy atom. The summed E-state index contributed by atoms with van der Waals surface area (Å²) in [4.78, 5) is 2.53. The standard InChI is InChI=1S/C16H26N2O/c1-4-14-11-19-9-8-18(14)16(10-17)15-7-5-6-12(2)13(15)3/h5-7,14,16H,4,8-11,17H2,1-3H3. The van der Waals surface area contributed by atoms with E-state index < -0.39 is 0 Å². The Balaban J connectivity index is 2.30. The van der Waals surface area contributed by atoms with Gasteiger partial charge in [-0.05, 0) is 37.0 Å². The minimum atomic E-state index is 0.314. The second-order valence-electron chi connectivity index (χ2n) is 5.42. The predicted molar refractivity (Wildman–Crippen MR) is 79.3 cm³/mol. The molecule has 2 rings (SSSR count). The summed E-state index contributed by atoms with van der Waals surface area (Å²) in [6.45, 7) is 9.89. The first kappa shape index (κ1) is 14.5. The topological polar surface area (TPSA) is 38.5 Å². The molecule has 1 aliphatic heterocycles. The van der Waals surface area contributed by atoms with E-state index in [0.717, 1.165) is 26.2 Å². The van der Waals surface area contributed by atoms with Crippen molar-refractivity contribution in [2.45, 2.75) is 39.3 Å².